The Bertz CT molecular complexity index is 582. The van der Waals surface area contributed by atoms with Crippen molar-refractivity contribution in [1.82, 2.24) is 14.5 Å². The molecule has 0 amide bonds. The van der Waals surface area contributed by atoms with E-state index in [1.165, 1.54) is 6.20 Å². The Morgan fingerprint density at radius 2 is 2.35 bits per heavy atom. The van der Waals surface area contributed by atoms with E-state index >= 15 is 0 Å². The van der Waals surface area contributed by atoms with Gasteiger partial charge in [0.1, 0.15) is 12.0 Å². The van der Waals surface area contributed by atoms with Gasteiger partial charge in [-0.2, -0.15) is 0 Å². The maximum atomic E-state index is 10.7. The first-order valence-corrected chi connectivity index (χ1v) is 6.37. The van der Waals surface area contributed by atoms with Gasteiger partial charge in [-0.15, -0.1) is 0 Å². The number of nitro groups is 1. The molecule has 0 aliphatic carbocycles. The third-order valence-electron chi connectivity index (χ3n) is 2.99. The Morgan fingerprint density at radius 1 is 1.55 bits per heavy atom. The van der Waals surface area contributed by atoms with Crippen LogP contribution in [-0.4, -0.2) is 26.0 Å². The maximum Gasteiger partial charge on any atom is 0.290 e. The zero-order valence-corrected chi connectivity index (χ0v) is 11.5. The van der Waals surface area contributed by atoms with E-state index in [0.717, 1.165) is 13.1 Å². The minimum atomic E-state index is -0.423. The normalized spacial score (nSPS) is 12.1. The Kier molecular flexibility index (Phi) is 4.29. The van der Waals surface area contributed by atoms with E-state index < -0.39 is 4.92 Å². The number of aromatic nitrogens is 3. The topological polar surface area (TPSA) is 85.9 Å². The molecule has 2 aromatic rings. The molecule has 0 fully saturated rings. The van der Waals surface area contributed by atoms with Crippen LogP contribution in [0.1, 0.15) is 12.5 Å². The Labute approximate surface area is 116 Å². The summed E-state index contributed by atoms with van der Waals surface area (Å²) in [6.07, 6.45) is 6.75. The summed E-state index contributed by atoms with van der Waals surface area (Å²) < 4.78 is 2.01. The highest BCUT2D eigenvalue weighted by Gasteiger charge is 2.11. The highest BCUT2D eigenvalue weighted by Crippen LogP contribution is 2.19. The number of hydrogen-bond donors (Lipinski definition) is 1. The summed E-state index contributed by atoms with van der Waals surface area (Å²) in [6, 6.07) is 1.70. The molecule has 0 aliphatic rings. The molecule has 1 atom stereocenters. The number of hydrogen-bond acceptors (Lipinski definition) is 5. The molecule has 1 N–H and O–H groups in total. The van der Waals surface area contributed by atoms with E-state index in [1.807, 2.05) is 10.8 Å². The number of imidazole rings is 1. The van der Waals surface area contributed by atoms with Crippen LogP contribution in [-0.2, 0) is 6.54 Å². The van der Waals surface area contributed by atoms with Crippen molar-refractivity contribution >= 4 is 11.5 Å². The second kappa shape index (κ2) is 6.14. The van der Waals surface area contributed by atoms with E-state index in [9.17, 15) is 10.1 Å². The number of anilines is 1. The Morgan fingerprint density at radius 3 is 2.95 bits per heavy atom. The first-order valence-electron chi connectivity index (χ1n) is 6.37. The molecule has 2 heterocycles. The molecule has 7 heteroatoms. The molecular weight excluding hydrogens is 258 g/mol. The summed E-state index contributed by atoms with van der Waals surface area (Å²) in [7, 11) is 0. The van der Waals surface area contributed by atoms with Gasteiger partial charge in [-0.3, -0.25) is 10.1 Å². The van der Waals surface area contributed by atoms with Gasteiger partial charge >= 0.3 is 0 Å². The predicted octanol–water partition coefficient (Wildman–Crippen LogP) is 2.24. The minimum Gasteiger partial charge on any atom is -0.370 e. The summed E-state index contributed by atoms with van der Waals surface area (Å²) in [5.74, 6) is 1.05. The SMILES string of the molecule is Cc1cc(NCC(C)Cn2ccnc2)ncc1[N+](=O)[O-]. The van der Waals surface area contributed by atoms with Crippen molar-refractivity contribution in [3.63, 3.8) is 0 Å². The monoisotopic (exact) mass is 275 g/mol. The smallest absolute Gasteiger partial charge is 0.290 e. The first-order chi connectivity index (χ1) is 9.56. The predicted molar refractivity (Wildman–Crippen MR) is 75.5 cm³/mol. The fraction of sp³-hybridized carbons (Fsp3) is 0.385. The molecule has 20 heavy (non-hydrogen) atoms. The highest BCUT2D eigenvalue weighted by atomic mass is 16.6. The molecule has 7 nitrogen and oxygen atoms in total. The van der Waals surface area contributed by atoms with Crippen molar-refractivity contribution in [2.75, 3.05) is 11.9 Å². The van der Waals surface area contributed by atoms with Crippen molar-refractivity contribution in [2.45, 2.75) is 20.4 Å². The molecular formula is C13H17N5O2. The van der Waals surface area contributed by atoms with Gasteiger partial charge in [0.15, 0.2) is 0 Å². The molecule has 0 saturated heterocycles. The summed E-state index contributed by atoms with van der Waals surface area (Å²) >= 11 is 0. The largest absolute Gasteiger partial charge is 0.370 e. The van der Waals surface area contributed by atoms with Crippen LogP contribution in [0.4, 0.5) is 11.5 Å². The lowest BCUT2D eigenvalue weighted by Crippen LogP contribution is -2.17. The van der Waals surface area contributed by atoms with E-state index in [-0.39, 0.29) is 5.69 Å². The second-order valence-corrected chi connectivity index (χ2v) is 4.86. The maximum absolute atomic E-state index is 10.7. The molecule has 0 spiro atoms. The Balaban J connectivity index is 1.90. The fourth-order valence-electron chi connectivity index (χ4n) is 1.93. The number of pyridine rings is 1. The fourth-order valence-corrected chi connectivity index (χ4v) is 1.93. The van der Waals surface area contributed by atoms with Gasteiger partial charge in [0.05, 0.1) is 11.3 Å². The molecule has 1 unspecified atom stereocenters. The van der Waals surface area contributed by atoms with Crippen molar-refractivity contribution in [3.8, 4) is 0 Å². The van der Waals surface area contributed by atoms with Crippen LogP contribution in [0.15, 0.2) is 31.0 Å². The van der Waals surface area contributed by atoms with Gasteiger partial charge in [0.2, 0.25) is 0 Å². The van der Waals surface area contributed by atoms with Crippen LogP contribution in [0.25, 0.3) is 0 Å². The van der Waals surface area contributed by atoms with Crippen LogP contribution < -0.4 is 5.32 Å². The van der Waals surface area contributed by atoms with Crippen LogP contribution in [0.3, 0.4) is 0 Å². The third-order valence-corrected chi connectivity index (χ3v) is 2.99. The van der Waals surface area contributed by atoms with Crippen LogP contribution in [0, 0.1) is 23.0 Å². The molecule has 0 bridgehead atoms. The first kappa shape index (κ1) is 14.0. The molecule has 0 radical (unpaired) electrons. The van der Waals surface area contributed by atoms with Crippen LogP contribution in [0.5, 0.6) is 0 Å². The minimum absolute atomic E-state index is 0.0435. The van der Waals surface area contributed by atoms with Crippen LogP contribution >= 0.6 is 0 Å². The molecule has 2 rings (SSSR count). The third kappa shape index (κ3) is 3.53. The van der Waals surface area contributed by atoms with E-state index in [4.69, 9.17) is 0 Å². The van der Waals surface area contributed by atoms with E-state index in [0.29, 0.717) is 17.3 Å². The van der Waals surface area contributed by atoms with Crippen molar-refractivity contribution < 1.29 is 4.92 Å². The zero-order valence-electron chi connectivity index (χ0n) is 11.5. The summed E-state index contributed by atoms with van der Waals surface area (Å²) in [5, 5.41) is 13.9. The molecule has 0 aliphatic heterocycles. The van der Waals surface area contributed by atoms with Crippen LogP contribution in [0.2, 0.25) is 0 Å². The van der Waals surface area contributed by atoms with Gasteiger partial charge in [-0.25, -0.2) is 9.97 Å². The number of rotatable bonds is 6. The average molecular weight is 275 g/mol. The number of nitrogens with zero attached hydrogens (tertiary/aromatic N) is 4. The summed E-state index contributed by atoms with van der Waals surface area (Å²) in [6.45, 7) is 5.42. The molecule has 0 aromatic carbocycles. The lowest BCUT2D eigenvalue weighted by molar-refractivity contribution is -0.385. The van der Waals surface area contributed by atoms with Crippen molar-refractivity contribution in [3.05, 3.63) is 46.7 Å². The quantitative estimate of drug-likeness (QED) is 0.645. The lowest BCUT2D eigenvalue weighted by Gasteiger charge is -2.13. The average Bonchev–Trinajstić information content (AvgIpc) is 2.89. The molecule has 106 valence electrons. The van der Waals surface area contributed by atoms with Crippen molar-refractivity contribution in [2.24, 2.45) is 5.92 Å². The summed E-state index contributed by atoms with van der Waals surface area (Å²) in [5.41, 5.74) is 0.650. The second-order valence-electron chi connectivity index (χ2n) is 4.86. The lowest BCUT2D eigenvalue weighted by atomic mass is 10.2. The van der Waals surface area contributed by atoms with Gasteiger partial charge < -0.3 is 9.88 Å². The molecule has 2 aromatic heterocycles. The molecule has 0 saturated carbocycles. The van der Waals surface area contributed by atoms with Gasteiger partial charge in [0.25, 0.3) is 5.69 Å². The van der Waals surface area contributed by atoms with Crippen molar-refractivity contribution in [1.29, 1.82) is 0 Å². The van der Waals surface area contributed by atoms with E-state index in [1.54, 1.807) is 25.5 Å². The number of nitrogens with one attached hydrogen (secondary N) is 1. The zero-order chi connectivity index (χ0) is 14.5. The van der Waals surface area contributed by atoms with Gasteiger partial charge in [0, 0.05) is 31.0 Å². The van der Waals surface area contributed by atoms with Gasteiger partial charge in [-0.1, -0.05) is 6.92 Å². The summed E-state index contributed by atoms with van der Waals surface area (Å²) in [4.78, 5) is 18.3. The van der Waals surface area contributed by atoms with E-state index in [2.05, 4.69) is 22.2 Å². The standard InChI is InChI=1S/C13H17N5O2/c1-10(8-17-4-3-14-9-17)6-15-13-5-11(2)12(7-16-13)18(19)20/h3-5,7,9-10H,6,8H2,1-2H3,(H,15,16). The number of aryl methyl sites for hydroxylation is 1. The Hall–Kier alpha value is -2.44. The highest BCUT2D eigenvalue weighted by molar-refractivity contribution is 5.46. The van der Waals surface area contributed by atoms with Gasteiger partial charge in [-0.05, 0) is 18.9 Å².